The molecular formula is C32H39NO7. The normalized spacial score (nSPS) is 23.6. The van der Waals surface area contributed by atoms with Crippen molar-refractivity contribution >= 4 is 11.1 Å². The van der Waals surface area contributed by atoms with Crippen LogP contribution in [0.25, 0.3) is 11.1 Å². The summed E-state index contributed by atoms with van der Waals surface area (Å²) in [6.45, 7) is 3.01. The van der Waals surface area contributed by atoms with Crippen molar-refractivity contribution in [3.8, 4) is 11.5 Å². The van der Waals surface area contributed by atoms with Crippen molar-refractivity contribution in [3.05, 3.63) is 95.6 Å². The molecule has 0 unspecified atom stereocenters. The summed E-state index contributed by atoms with van der Waals surface area (Å²) in [5.74, 6) is 1.20. The molecule has 0 amide bonds. The number of allylic oxidation sites excluding steroid dienone is 1. The van der Waals surface area contributed by atoms with Gasteiger partial charge in [0.05, 0.1) is 6.61 Å². The second-order valence-corrected chi connectivity index (χ2v) is 10.1. The zero-order valence-electron chi connectivity index (χ0n) is 23.2. The fourth-order valence-corrected chi connectivity index (χ4v) is 4.77. The van der Waals surface area contributed by atoms with Gasteiger partial charge in [0.1, 0.15) is 42.5 Å². The van der Waals surface area contributed by atoms with Crippen LogP contribution in [0.1, 0.15) is 30.0 Å². The SMILES string of the molecule is CC/C(=C(/c1ccc(OCCN(C)C)cc1)c1cccc(O[C@@H]2O[C@H](CO)[C@@H](O)[C@H](O)[C@H]2O)c1)c1ccccc1. The summed E-state index contributed by atoms with van der Waals surface area (Å²) in [6, 6.07) is 25.7. The monoisotopic (exact) mass is 549 g/mol. The topological polar surface area (TPSA) is 112 Å². The average Bonchev–Trinajstić information content (AvgIpc) is 2.97. The maximum atomic E-state index is 10.5. The van der Waals surface area contributed by atoms with Gasteiger partial charge in [0, 0.05) is 6.54 Å². The molecule has 0 aromatic heterocycles. The first-order chi connectivity index (χ1) is 19.3. The van der Waals surface area contributed by atoms with Crippen molar-refractivity contribution in [2.75, 3.05) is 33.9 Å². The lowest BCUT2D eigenvalue weighted by Gasteiger charge is -2.39. The smallest absolute Gasteiger partial charge is 0.229 e. The molecule has 214 valence electrons. The van der Waals surface area contributed by atoms with Crippen molar-refractivity contribution in [2.45, 2.75) is 44.1 Å². The number of benzene rings is 3. The van der Waals surface area contributed by atoms with Gasteiger partial charge in [0.25, 0.3) is 0 Å². The van der Waals surface area contributed by atoms with Crippen LogP contribution < -0.4 is 9.47 Å². The molecule has 1 aliphatic rings. The van der Waals surface area contributed by atoms with Crippen LogP contribution in [0, 0.1) is 0 Å². The quantitative estimate of drug-likeness (QED) is 0.270. The third-order valence-corrected chi connectivity index (χ3v) is 6.95. The molecule has 0 saturated carbocycles. The Kier molecular flexibility index (Phi) is 10.3. The number of likely N-dealkylation sites (N-methyl/N-ethyl adjacent to an activating group) is 1. The molecule has 1 fully saturated rings. The van der Waals surface area contributed by atoms with Crippen molar-refractivity contribution < 1.29 is 34.6 Å². The number of nitrogens with zero attached hydrogens (tertiary/aromatic N) is 1. The van der Waals surface area contributed by atoms with Crippen LogP contribution in [0.5, 0.6) is 11.5 Å². The van der Waals surface area contributed by atoms with E-state index in [0.717, 1.165) is 46.6 Å². The van der Waals surface area contributed by atoms with Crippen LogP contribution in [0.4, 0.5) is 0 Å². The van der Waals surface area contributed by atoms with Crippen molar-refractivity contribution in [2.24, 2.45) is 0 Å². The van der Waals surface area contributed by atoms with Crippen LogP contribution in [0.15, 0.2) is 78.9 Å². The van der Waals surface area contributed by atoms with Crippen LogP contribution in [0.2, 0.25) is 0 Å². The van der Waals surface area contributed by atoms with E-state index in [1.165, 1.54) is 0 Å². The molecule has 4 rings (SSSR count). The Morgan fingerprint density at radius 2 is 1.50 bits per heavy atom. The number of aliphatic hydroxyl groups excluding tert-OH is 4. The first kappa shape index (κ1) is 29.7. The molecule has 1 heterocycles. The molecule has 8 nitrogen and oxygen atoms in total. The minimum atomic E-state index is -1.52. The lowest BCUT2D eigenvalue weighted by Crippen LogP contribution is -2.60. The van der Waals surface area contributed by atoms with E-state index < -0.39 is 37.3 Å². The summed E-state index contributed by atoms with van der Waals surface area (Å²) < 4.78 is 17.4. The highest BCUT2D eigenvalue weighted by atomic mass is 16.7. The third-order valence-electron chi connectivity index (χ3n) is 6.95. The largest absolute Gasteiger partial charge is 0.492 e. The molecule has 1 saturated heterocycles. The molecule has 1 aliphatic heterocycles. The van der Waals surface area contributed by atoms with Gasteiger partial charge in [0.2, 0.25) is 6.29 Å². The lowest BCUT2D eigenvalue weighted by atomic mass is 9.88. The molecule has 0 bridgehead atoms. The predicted octanol–water partition coefficient (Wildman–Crippen LogP) is 3.17. The fourth-order valence-electron chi connectivity index (χ4n) is 4.77. The second kappa shape index (κ2) is 13.9. The van der Waals surface area contributed by atoms with Gasteiger partial charge in [-0.2, -0.15) is 0 Å². The van der Waals surface area contributed by atoms with Gasteiger partial charge < -0.3 is 39.5 Å². The Bertz CT molecular complexity index is 1240. The van der Waals surface area contributed by atoms with E-state index in [4.69, 9.17) is 14.2 Å². The Morgan fingerprint density at radius 1 is 0.800 bits per heavy atom. The third kappa shape index (κ3) is 7.09. The minimum Gasteiger partial charge on any atom is -0.492 e. The maximum absolute atomic E-state index is 10.5. The van der Waals surface area contributed by atoms with Gasteiger partial charge >= 0.3 is 0 Å². The molecule has 4 N–H and O–H groups in total. The lowest BCUT2D eigenvalue weighted by molar-refractivity contribution is -0.277. The van der Waals surface area contributed by atoms with Gasteiger partial charge in [-0.3, -0.25) is 0 Å². The molecule has 5 atom stereocenters. The zero-order chi connectivity index (χ0) is 28.6. The molecule has 8 heteroatoms. The number of hydrogen-bond acceptors (Lipinski definition) is 8. The van der Waals surface area contributed by atoms with E-state index in [0.29, 0.717) is 12.4 Å². The highest BCUT2D eigenvalue weighted by Gasteiger charge is 2.44. The summed E-state index contributed by atoms with van der Waals surface area (Å²) in [6.07, 6.45) is -6.00. The summed E-state index contributed by atoms with van der Waals surface area (Å²) >= 11 is 0. The van der Waals surface area contributed by atoms with E-state index in [-0.39, 0.29) is 0 Å². The summed E-state index contributed by atoms with van der Waals surface area (Å²) in [5, 5.41) is 40.3. The van der Waals surface area contributed by atoms with E-state index in [2.05, 4.69) is 24.0 Å². The molecule has 0 radical (unpaired) electrons. The molecule has 3 aromatic carbocycles. The van der Waals surface area contributed by atoms with Gasteiger partial charge in [-0.1, -0.05) is 61.5 Å². The first-order valence-electron chi connectivity index (χ1n) is 13.6. The average molecular weight is 550 g/mol. The standard InChI is InChI=1S/C32H39NO7/c1-4-26(21-9-6-5-7-10-21)28(22-13-15-24(16-14-22)38-18-17-33(2)3)23-11-8-12-25(19-23)39-32-31(37)30(36)29(35)27(20-34)40-32/h5-16,19,27,29-32,34-37H,4,17-18,20H2,1-3H3/b28-26+/t27-,29-,30+,31-,32-/m1/s1. The Hall–Kier alpha value is -3.24. The van der Waals surface area contributed by atoms with Gasteiger partial charge in [0.15, 0.2) is 0 Å². The van der Waals surface area contributed by atoms with Crippen molar-refractivity contribution in [3.63, 3.8) is 0 Å². The number of ether oxygens (including phenoxy) is 3. The molecule has 0 spiro atoms. The summed E-state index contributed by atoms with van der Waals surface area (Å²) in [4.78, 5) is 2.07. The van der Waals surface area contributed by atoms with Crippen LogP contribution in [-0.2, 0) is 4.74 Å². The molecule has 0 aliphatic carbocycles. The van der Waals surface area contributed by atoms with E-state index in [1.54, 1.807) is 6.07 Å². The highest BCUT2D eigenvalue weighted by Crippen LogP contribution is 2.36. The van der Waals surface area contributed by atoms with Crippen LogP contribution in [-0.4, -0.2) is 89.9 Å². The first-order valence-corrected chi connectivity index (χ1v) is 13.6. The highest BCUT2D eigenvalue weighted by molar-refractivity contribution is 5.98. The predicted molar refractivity (Wildman–Crippen MR) is 154 cm³/mol. The Morgan fingerprint density at radius 3 is 2.15 bits per heavy atom. The second-order valence-electron chi connectivity index (χ2n) is 10.1. The van der Waals surface area contributed by atoms with Crippen LogP contribution in [0.3, 0.4) is 0 Å². The van der Waals surface area contributed by atoms with Crippen LogP contribution >= 0.6 is 0 Å². The Labute approximate surface area is 235 Å². The zero-order valence-corrected chi connectivity index (χ0v) is 23.2. The molecule has 40 heavy (non-hydrogen) atoms. The minimum absolute atomic E-state index is 0.409. The molecule has 3 aromatic rings. The van der Waals surface area contributed by atoms with Gasteiger partial charge in [-0.15, -0.1) is 0 Å². The van der Waals surface area contributed by atoms with E-state index in [1.807, 2.05) is 74.8 Å². The van der Waals surface area contributed by atoms with Crippen molar-refractivity contribution in [1.29, 1.82) is 0 Å². The summed E-state index contributed by atoms with van der Waals surface area (Å²) in [5.41, 5.74) is 5.17. The maximum Gasteiger partial charge on any atom is 0.229 e. The number of rotatable bonds is 11. The van der Waals surface area contributed by atoms with E-state index in [9.17, 15) is 20.4 Å². The van der Waals surface area contributed by atoms with Gasteiger partial charge in [-0.05, 0) is 72.6 Å². The van der Waals surface area contributed by atoms with E-state index >= 15 is 0 Å². The number of aliphatic hydroxyl groups is 4. The fraction of sp³-hybridized carbons (Fsp3) is 0.375. The summed E-state index contributed by atoms with van der Waals surface area (Å²) in [7, 11) is 4.02. The molecular weight excluding hydrogens is 510 g/mol. The van der Waals surface area contributed by atoms with Crippen molar-refractivity contribution in [1.82, 2.24) is 4.90 Å². The van der Waals surface area contributed by atoms with Gasteiger partial charge in [-0.25, -0.2) is 0 Å². The number of hydrogen-bond donors (Lipinski definition) is 4. The Balaban J connectivity index is 1.69.